The Bertz CT molecular complexity index is 570. The molecule has 0 radical (unpaired) electrons. The van der Waals surface area contributed by atoms with Crippen molar-refractivity contribution >= 4 is 21.7 Å². The SMILES string of the molecule is O=C(COc1cc(Br)ccc1F)Cc1ccccc1. The number of benzene rings is 2. The lowest BCUT2D eigenvalue weighted by atomic mass is 10.1. The maximum absolute atomic E-state index is 13.4. The normalized spacial score (nSPS) is 10.2. The molecule has 4 heteroatoms. The van der Waals surface area contributed by atoms with Crippen molar-refractivity contribution in [2.75, 3.05) is 6.61 Å². The number of ether oxygens (including phenoxy) is 1. The lowest BCUT2D eigenvalue weighted by Crippen LogP contribution is -2.14. The number of carbonyl (C=O) groups is 1. The Kier molecular flexibility index (Phi) is 4.68. The molecule has 2 nitrogen and oxygen atoms in total. The highest BCUT2D eigenvalue weighted by Crippen LogP contribution is 2.22. The Hall–Kier alpha value is -1.68. The second-order valence-corrected chi connectivity index (χ2v) is 4.98. The first-order chi connectivity index (χ1) is 9.15. The summed E-state index contributed by atoms with van der Waals surface area (Å²) in [4.78, 5) is 11.7. The van der Waals surface area contributed by atoms with E-state index in [1.165, 1.54) is 12.1 Å². The number of hydrogen-bond acceptors (Lipinski definition) is 2. The molecule has 19 heavy (non-hydrogen) atoms. The Morgan fingerprint density at radius 1 is 1.16 bits per heavy atom. The van der Waals surface area contributed by atoms with Crippen LogP contribution in [0.1, 0.15) is 5.56 Å². The van der Waals surface area contributed by atoms with Gasteiger partial charge in [0.05, 0.1) is 0 Å². The molecule has 2 aromatic rings. The molecule has 0 heterocycles. The molecule has 0 bridgehead atoms. The summed E-state index contributed by atoms with van der Waals surface area (Å²) in [5.74, 6) is -0.489. The lowest BCUT2D eigenvalue weighted by molar-refractivity contribution is -0.120. The standard InChI is InChI=1S/C15H12BrFO2/c16-12-6-7-14(17)15(9-12)19-10-13(18)8-11-4-2-1-3-5-11/h1-7,9H,8,10H2. The molecule has 0 aliphatic rings. The summed E-state index contributed by atoms with van der Waals surface area (Å²) in [5.41, 5.74) is 0.922. The summed E-state index contributed by atoms with van der Waals surface area (Å²) in [6.45, 7) is -0.137. The van der Waals surface area contributed by atoms with Gasteiger partial charge in [-0.2, -0.15) is 0 Å². The molecule has 0 aliphatic carbocycles. The molecular weight excluding hydrogens is 311 g/mol. The third-order valence-corrected chi connectivity index (χ3v) is 3.02. The van der Waals surface area contributed by atoms with Gasteiger partial charge < -0.3 is 4.74 Å². The minimum absolute atomic E-state index is 0.0794. The minimum atomic E-state index is -0.476. The minimum Gasteiger partial charge on any atom is -0.483 e. The zero-order valence-electron chi connectivity index (χ0n) is 10.1. The maximum Gasteiger partial charge on any atom is 0.174 e. The summed E-state index contributed by atoms with van der Waals surface area (Å²) < 4.78 is 19.3. The van der Waals surface area contributed by atoms with Crippen molar-refractivity contribution in [3.8, 4) is 5.75 Å². The fraction of sp³-hybridized carbons (Fsp3) is 0.133. The molecular formula is C15H12BrFO2. The van der Waals surface area contributed by atoms with Gasteiger partial charge in [0.1, 0.15) is 6.61 Å². The van der Waals surface area contributed by atoms with Gasteiger partial charge in [-0.1, -0.05) is 46.3 Å². The van der Waals surface area contributed by atoms with Gasteiger partial charge in [0.15, 0.2) is 17.3 Å². The number of Topliss-reactive ketones (excluding diaryl/α,β-unsaturated/α-hetero) is 1. The van der Waals surface area contributed by atoms with E-state index in [1.54, 1.807) is 6.07 Å². The summed E-state index contributed by atoms with van der Waals surface area (Å²) in [7, 11) is 0. The second kappa shape index (κ2) is 6.48. The van der Waals surface area contributed by atoms with Crippen molar-refractivity contribution in [3.63, 3.8) is 0 Å². The topological polar surface area (TPSA) is 26.3 Å². The fourth-order valence-corrected chi connectivity index (χ4v) is 1.96. The predicted molar refractivity (Wildman–Crippen MR) is 74.7 cm³/mol. The monoisotopic (exact) mass is 322 g/mol. The molecule has 0 aliphatic heterocycles. The van der Waals surface area contributed by atoms with Crippen LogP contribution in [0.3, 0.4) is 0 Å². The Morgan fingerprint density at radius 3 is 2.63 bits per heavy atom. The van der Waals surface area contributed by atoms with Gasteiger partial charge in [-0.25, -0.2) is 4.39 Å². The second-order valence-electron chi connectivity index (χ2n) is 4.06. The van der Waals surface area contributed by atoms with E-state index in [0.29, 0.717) is 4.47 Å². The van der Waals surface area contributed by atoms with Crippen LogP contribution in [-0.2, 0) is 11.2 Å². The highest BCUT2D eigenvalue weighted by Gasteiger charge is 2.08. The maximum atomic E-state index is 13.4. The largest absolute Gasteiger partial charge is 0.483 e. The zero-order chi connectivity index (χ0) is 13.7. The number of hydrogen-bond donors (Lipinski definition) is 0. The molecule has 0 N–H and O–H groups in total. The van der Waals surface area contributed by atoms with Crippen molar-refractivity contribution in [2.45, 2.75) is 6.42 Å². The average Bonchev–Trinajstić information content (AvgIpc) is 2.41. The summed E-state index contributed by atoms with van der Waals surface area (Å²) in [5, 5.41) is 0. The molecule has 0 unspecified atom stereocenters. The van der Waals surface area contributed by atoms with E-state index in [0.717, 1.165) is 5.56 Å². The predicted octanol–water partition coefficient (Wildman–Crippen LogP) is 3.78. The van der Waals surface area contributed by atoms with E-state index in [1.807, 2.05) is 30.3 Å². The number of rotatable bonds is 5. The van der Waals surface area contributed by atoms with E-state index < -0.39 is 5.82 Å². The molecule has 0 atom stereocenters. The van der Waals surface area contributed by atoms with Crippen LogP contribution in [-0.4, -0.2) is 12.4 Å². The Balaban J connectivity index is 1.92. The van der Waals surface area contributed by atoms with Crippen molar-refractivity contribution in [2.24, 2.45) is 0 Å². The highest BCUT2D eigenvalue weighted by molar-refractivity contribution is 9.10. The van der Waals surface area contributed by atoms with Gasteiger partial charge in [-0.3, -0.25) is 4.79 Å². The molecule has 0 fully saturated rings. The molecule has 2 rings (SSSR count). The fourth-order valence-electron chi connectivity index (χ4n) is 1.62. The van der Waals surface area contributed by atoms with Gasteiger partial charge >= 0.3 is 0 Å². The van der Waals surface area contributed by atoms with Crippen molar-refractivity contribution in [3.05, 3.63) is 64.4 Å². The first kappa shape index (κ1) is 13.7. The zero-order valence-corrected chi connectivity index (χ0v) is 11.7. The van der Waals surface area contributed by atoms with Gasteiger partial charge in [-0.05, 0) is 23.8 Å². The highest BCUT2D eigenvalue weighted by atomic mass is 79.9. The molecule has 0 aromatic heterocycles. The van der Waals surface area contributed by atoms with E-state index in [2.05, 4.69) is 15.9 Å². The van der Waals surface area contributed by atoms with Crippen LogP contribution in [0.5, 0.6) is 5.75 Å². The van der Waals surface area contributed by atoms with Gasteiger partial charge in [0, 0.05) is 10.9 Å². The van der Waals surface area contributed by atoms with E-state index in [4.69, 9.17) is 4.74 Å². The van der Waals surface area contributed by atoms with Crippen LogP contribution in [0.15, 0.2) is 53.0 Å². The van der Waals surface area contributed by atoms with Crippen molar-refractivity contribution in [1.29, 1.82) is 0 Å². The van der Waals surface area contributed by atoms with E-state index in [9.17, 15) is 9.18 Å². The quantitative estimate of drug-likeness (QED) is 0.837. The third kappa shape index (κ3) is 4.17. The van der Waals surface area contributed by atoms with Crippen molar-refractivity contribution in [1.82, 2.24) is 0 Å². The van der Waals surface area contributed by atoms with E-state index in [-0.39, 0.29) is 24.6 Å². The van der Waals surface area contributed by atoms with Gasteiger partial charge in [0.25, 0.3) is 0 Å². The summed E-state index contributed by atoms with van der Waals surface area (Å²) in [6.07, 6.45) is 0.288. The van der Waals surface area contributed by atoms with Crippen LogP contribution in [0.4, 0.5) is 4.39 Å². The van der Waals surface area contributed by atoms with Crippen LogP contribution >= 0.6 is 15.9 Å². The first-order valence-corrected chi connectivity index (χ1v) is 6.58. The Labute approximate surface area is 119 Å². The number of ketones is 1. The molecule has 2 aromatic carbocycles. The number of halogens is 2. The van der Waals surface area contributed by atoms with Gasteiger partial charge in [0.2, 0.25) is 0 Å². The van der Waals surface area contributed by atoms with E-state index >= 15 is 0 Å². The molecule has 0 saturated heterocycles. The molecule has 0 saturated carbocycles. The Morgan fingerprint density at radius 2 is 1.89 bits per heavy atom. The van der Waals surface area contributed by atoms with Crippen LogP contribution in [0.2, 0.25) is 0 Å². The molecule has 0 spiro atoms. The summed E-state index contributed by atoms with van der Waals surface area (Å²) >= 11 is 3.23. The smallest absolute Gasteiger partial charge is 0.174 e. The van der Waals surface area contributed by atoms with Crippen LogP contribution in [0.25, 0.3) is 0 Å². The lowest BCUT2D eigenvalue weighted by Gasteiger charge is -2.07. The van der Waals surface area contributed by atoms with Gasteiger partial charge in [-0.15, -0.1) is 0 Å². The van der Waals surface area contributed by atoms with Crippen LogP contribution in [0, 0.1) is 5.82 Å². The van der Waals surface area contributed by atoms with Crippen LogP contribution < -0.4 is 4.74 Å². The molecule has 98 valence electrons. The third-order valence-electron chi connectivity index (χ3n) is 2.53. The first-order valence-electron chi connectivity index (χ1n) is 5.78. The number of carbonyl (C=O) groups excluding carboxylic acids is 1. The average molecular weight is 323 g/mol. The van der Waals surface area contributed by atoms with Crippen molar-refractivity contribution < 1.29 is 13.9 Å². The summed E-state index contributed by atoms with van der Waals surface area (Å²) in [6, 6.07) is 13.8. The molecule has 0 amide bonds.